The number of pyridine rings is 1. The molecule has 1 saturated heterocycles. The summed E-state index contributed by atoms with van der Waals surface area (Å²) in [6, 6.07) is 16.0. The number of amides is 2. The van der Waals surface area contributed by atoms with Crippen molar-refractivity contribution in [1.29, 1.82) is 0 Å². The molecule has 0 saturated carbocycles. The molecule has 0 spiro atoms. The summed E-state index contributed by atoms with van der Waals surface area (Å²) in [4.78, 5) is 34.3. The predicted molar refractivity (Wildman–Crippen MR) is 138 cm³/mol. The molecule has 13 heteroatoms. The van der Waals surface area contributed by atoms with E-state index in [0.717, 1.165) is 4.90 Å². The average molecular weight is 559 g/mol. The van der Waals surface area contributed by atoms with Crippen LogP contribution < -0.4 is 20.9 Å². The maximum absolute atomic E-state index is 15.1. The molecule has 1 atom stereocenters. The van der Waals surface area contributed by atoms with Crippen LogP contribution in [0.2, 0.25) is 0 Å². The fourth-order valence-electron chi connectivity index (χ4n) is 4.50. The van der Waals surface area contributed by atoms with Gasteiger partial charge in [0.25, 0.3) is 17.8 Å². The van der Waals surface area contributed by atoms with E-state index in [-0.39, 0.29) is 0 Å². The Morgan fingerprint density at radius 1 is 1.00 bits per heavy atom. The number of halogens is 5. The molecule has 3 aromatic rings. The highest BCUT2D eigenvalue weighted by Gasteiger charge is 2.37. The number of rotatable bonds is 6. The second kappa shape index (κ2) is 10.9. The third-order valence-corrected chi connectivity index (χ3v) is 6.53. The zero-order valence-corrected chi connectivity index (χ0v) is 20.9. The SMILES string of the molecule is O=C(CNc1nc(F)c(F)c(N2CCC(F)(F)CC2)c1F)N[C@H]1N=C(c2ccccc2)c2ccccc2NC1=O. The van der Waals surface area contributed by atoms with E-state index in [9.17, 15) is 27.2 Å². The molecule has 8 nitrogen and oxygen atoms in total. The zero-order valence-electron chi connectivity index (χ0n) is 20.9. The molecule has 0 bridgehead atoms. The Morgan fingerprint density at radius 2 is 1.68 bits per heavy atom. The minimum Gasteiger partial charge on any atom is -0.366 e. The van der Waals surface area contributed by atoms with Crippen molar-refractivity contribution >= 4 is 34.7 Å². The van der Waals surface area contributed by atoms with Gasteiger partial charge in [0.15, 0.2) is 11.6 Å². The first-order chi connectivity index (χ1) is 19.1. The summed E-state index contributed by atoms with van der Waals surface area (Å²) in [5.41, 5.74) is 1.41. The maximum Gasteiger partial charge on any atom is 0.269 e. The van der Waals surface area contributed by atoms with Gasteiger partial charge in [-0.3, -0.25) is 9.59 Å². The first kappa shape index (κ1) is 27.0. The van der Waals surface area contributed by atoms with E-state index in [4.69, 9.17) is 0 Å². The minimum atomic E-state index is -2.98. The van der Waals surface area contributed by atoms with Crippen LogP contribution in [0.25, 0.3) is 0 Å². The Hall–Kier alpha value is -4.55. The number of hydrogen-bond donors (Lipinski definition) is 3. The summed E-state index contributed by atoms with van der Waals surface area (Å²) >= 11 is 0. The predicted octanol–water partition coefficient (Wildman–Crippen LogP) is 4.08. The third-order valence-electron chi connectivity index (χ3n) is 6.53. The zero-order chi connectivity index (χ0) is 28.4. The molecule has 2 amide bonds. The number of para-hydroxylation sites is 1. The van der Waals surface area contributed by atoms with Crippen molar-refractivity contribution in [2.45, 2.75) is 24.9 Å². The van der Waals surface area contributed by atoms with Crippen molar-refractivity contribution in [2.24, 2.45) is 4.99 Å². The number of hydrogen-bond acceptors (Lipinski definition) is 6. The van der Waals surface area contributed by atoms with Gasteiger partial charge in [0.2, 0.25) is 17.9 Å². The van der Waals surface area contributed by atoms with E-state index < -0.39 is 85.5 Å². The number of aliphatic imine (C=N–C) groups is 1. The third kappa shape index (κ3) is 5.58. The molecule has 40 heavy (non-hydrogen) atoms. The van der Waals surface area contributed by atoms with Crippen LogP contribution >= 0.6 is 0 Å². The standard InChI is InChI=1S/C27H23F5N6O2/c28-19-22(38-12-10-27(31,32)11-13-38)20(29)24(37-23(19)30)33-14-18(39)35-25-26(40)34-17-9-5-4-8-16(17)21(36-25)15-6-2-1-3-7-15/h1-9,25H,10-14H2,(H,33,37)(H,34,40)(H,35,39)/t25-/m0/s1. The lowest BCUT2D eigenvalue weighted by molar-refractivity contribution is -0.125. The van der Waals surface area contributed by atoms with E-state index >= 15 is 4.39 Å². The van der Waals surface area contributed by atoms with Gasteiger partial charge in [-0.2, -0.15) is 13.8 Å². The summed E-state index contributed by atoms with van der Waals surface area (Å²) in [7, 11) is 0. The highest BCUT2D eigenvalue weighted by atomic mass is 19.3. The number of aromatic nitrogens is 1. The van der Waals surface area contributed by atoms with Gasteiger partial charge in [-0.15, -0.1) is 0 Å². The maximum atomic E-state index is 15.1. The molecule has 2 aliphatic rings. The number of carbonyl (C=O) groups excluding carboxylic acids is 2. The Morgan fingerprint density at radius 3 is 2.40 bits per heavy atom. The van der Waals surface area contributed by atoms with Gasteiger partial charge in [0.05, 0.1) is 17.9 Å². The Labute approximate surface area is 225 Å². The number of piperidine rings is 1. The monoisotopic (exact) mass is 558 g/mol. The second-order valence-electron chi connectivity index (χ2n) is 9.27. The molecular weight excluding hydrogens is 535 g/mol. The molecular formula is C27H23F5N6O2. The van der Waals surface area contributed by atoms with Gasteiger partial charge in [0, 0.05) is 37.1 Å². The molecule has 1 aromatic heterocycles. The summed E-state index contributed by atoms with van der Waals surface area (Å²) in [5.74, 6) is -9.83. The Bertz CT molecular complexity index is 1470. The highest BCUT2D eigenvalue weighted by molar-refractivity contribution is 6.19. The Balaban J connectivity index is 1.34. The topological polar surface area (TPSA) is 98.7 Å². The molecule has 208 valence electrons. The molecule has 0 unspecified atom stereocenters. The number of anilines is 3. The molecule has 1 fully saturated rings. The highest BCUT2D eigenvalue weighted by Crippen LogP contribution is 2.35. The van der Waals surface area contributed by atoms with Crippen molar-refractivity contribution in [2.75, 3.05) is 35.2 Å². The van der Waals surface area contributed by atoms with E-state index in [0.29, 0.717) is 22.5 Å². The van der Waals surface area contributed by atoms with Crippen LogP contribution in [0.3, 0.4) is 0 Å². The summed E-state index contributed by atoms with van der Waals surface area (Å²) < 4.78 is 70.8. The van der Waals surface area contributed by atoms with Crippen molar-refractivity contribution in [3.63, 3.8) is 0 Å². The lowest BCUT2D eigenvalue weighted by Gasteiger charge is -2.33. The van der Waals surface area contributed by atoms with Crippen LogP contribution in [0, 0.1) is 17.6 Å². The van der Waals surface area contributed by atoms with Crippen LogP contribution in [-0.2, 0) is 9.59 Å². The number of alkyl halides is 2. The van der Waals surface area contributed by atoms with Gasteiger partial charge in [-0.25, -0.2) is 18.2 Å². The van der Waals surface area contributed by atoms with Gasteiger partial charge < -0.3 is 20.9 Å². The van der Waals surface area contributed by atoms with E-state index in [1.807, 2.05) is 6.07 Å². The number of benzodiazepines with no additional fused rings is 1. The molecule has 0 radical (unpaired) electrons. The van der Waals surface area contributed by atoms with Crippen molar-refractivity contribution in [3.8, 4) is 0 Å². The van der Waals surface area contributed by atoms with Gasteiger partial charge >= 0.3 is 0 Å². The lowest BCUT2D eigenvalue weighted by Crippen LogP contribution is -2.44. The number of nitrogens with one attached hydrogen (secondary N) is 3. The van der Waals surface area contributed by atoms with Crippen molar-refractivity contribution in [3.05, 3.63) is 83.3 Å². The first-order valence-electron chi connectivity index (χ1n) is 12.4. The summed E-state index contributed by atoms with van der Waals surface area (Å²) in [6.45, 7) is -1.48. The smallest absolute Gasteiger partial charge is 0.269 e. The first-order valence-corrected chi connectivity index (χ1v) is 12.4. The molecule has 3 heterocycles. The van der Waals surface area contributed by atoms with Crippen molar-refractivity contribution < 1.29 is 31.5 Å². The van der Waals surface area contributed by atoms with E-state index in [1.54, 1.807) is 48.5 Å². The van der Waals surface area contributed by atoms with Crippen LogP contribution in [0.4, 0.5) is 39.1 Å². The molecule has 2 aromatic carbocycles. The summed E-state index contributed by atoms with van der Waals surface area (Å²) in [6.07, 6.45) is -2.68. The lowest BCUT2D eigenvalue weighted by atomic mass is 10.0. The van der Waals surface area contributed by atoms with Crippen LogP contribution in [0.1, 0.15) is 24.0 Å². The number of fused-ring (bicyclic) bond motifs is 1. The van der Waals surface area contributed by atoms with E-state index in [2.05, 4.69) is 25.9 Å². The number of carbonyl (C=O) groups is 2. The Kier molecular flexibility index (Phi) is 7.37. The second-order valence-corrected chi connectivity index (χ2v) is 9.27. The minimum absolute atomic E-state index is 0.398. The molecule has 2 aliphatic heterocycles. The molecule has 3 N–H and O–H groups in total. The average Bonchev–Trinajstić information content (AvgIpc) is 3.07. The van der Waals surface area contributed by atoms with E-state index in [1.165, 1.54) is 0 Å². The fourth-order valence-corrected chi connectivity index (χ4v) is 4.50. The quantitative estimate of drug-likeness (QED) is 0.313. The molecule has 0 aliphatic carbocycles. The van der Waals surface area contributed by atoms with Crippen LogP contribution in [0.5, 0.6) is 0 Å². The fraction of sp³-hybridized carbons (Fsp3) is 0.259. The van der Waals surface area contributed by atoms with Gasteiger partial charge in [-0.05, 0) is 6.07 Å². The number of benzene rings is 2. The normalized spacial score (nSPS) is 18.2. The van der Waals surface area contributed by atoms with Gasteiger partial charge in [-0.1, -0.05) is 48.5 Å². The van der Waals surface area contributed by atoms with Crippen LogP contribution in [0.15, 0.2) is 59.6 Å². The molecule has 5 rings (SSSR count). The van der Waals surface area contributed by atoms with Crippen LogP contribution in [-0.4, -0.2) is 54.2 Å². The van der Waals surface area contributed by atoms with Gasteiger partial charge in [0.1, 0.15) is 5.69 Å². The number of nitrogens with zero attached hydrogens (tertiary/aromatic N) is 3. The largest absolute Gasteiger partial charge is 0.366 e. The van der Waals surface area contributed by atoms with Crippen molar-refractivity contribution in [1.82, 2.24) is 10.3 Å². The summed E-state index contributed by atoms with van der Waals surface area (Å²) in [5, 5.41) is 7.44.